The van der Waals surface area contributed by atoms with Crippen molar-refractivity contribution in [1.29, 1.82) is 0 Å². The molecule has 1 aromatic heterocycles. The van der Waals surface area contributed by atoms with Crippen LogP contribution in [0.5, 0.6) is 0 Å². The van der Waals surface area contributed by atoms with Crippen LogP contribution in [0.4, 0.5) is 0 Å². The van der Waals surface area contributed by atoms with Gasteiger partial charge in [0.15, 0.2) is 5.36 Å². The molecule has 0 spiro atoms. The molecule has 2 aromatic rings. The number of pyridine rings is 1. The van der Waals surface area contributed by atoms with Crippen LogP contribution in [0, 0.1) is 0 Å². The zero-order valence-corrected chi connectivity index (χ0v) is 8.34. The molecule has 0 fully saturated rings. The molecule has 4 nitrogen and oxygen atoms in total. The number of aromatic nitrogens is 1. The molecule has 0 saturated heterocycles. The van der Waals surface area contributed by atoms with Crippen molar-refractivity contribution >= 4 is 28.2 Å². The summed E-state index contributed by atoms with van der Waals surface area (Å²) >= 11 is 4.86. The number of rotatable bonds is 0. The lowest BCUT2D eigenvalue weighted by molar-refractivity contribution is 1.20. The second-order valence-electron chi connectivity index (χ2n) is 3.20. The van der Waals surface area contributed by atoms with Gasteiger partial charge in [0.1, 0.15) is 5.36 Å². The summed E-state index contributed by atoms with van der Waals surface area (Å²) in [5.74, 6) is 0. The second kappa shape index (κ2) is 2.80. The van der Waals surface area contributed by atoms with Crippen molar-refractivity contribution in [3.8, 4) is 0 Å². The first kappa shape index (κ1) is 8.43. The summed E-state index contributed by atoms with van der Waals surface area (Å²) in [5.41, 5.74) is 0.511. The third-order valence-corrected chi connectivity index (χ3v) is 2.47. The molecule has 72 valence electrons. The smallest absolute Gasteiger partial charge is 0.276 e. The minimum atomic E-state index is -0.243. The van der Waals surface area contributed by atoms with Crippen molar-refractivity contribution in [2.24, 2.45) is 9.98 Å². The van der Waals surface area contributed by atoms with E-state index in [4.69, 9.17) is 12.2 Å². The van der Waals surface area contributed by atoms with Crippen molar-refractivity contribution in [3.05, 3.63) is 45.3 Å². The van der Waals surface area contributed by atoms with Crippen LogP contribution in [0.25, 0.3) is 10.9 Å². The largest absolute Gasteiger partial charge is 0.320 e. The number of thiocarbonyl (C=S) groups is 1. The summed E-state index contributed by atoms with van der Waals surface area (Å²) in [6.45, 7) is 0. The highest BCUT2D eigenvalue weighted by Crippen LogP contribution is 2.03. The highest BCUT2D eigenvalue weighted by molar-refractivity contribution is 7.80. The molecular formula is C10H5N3OS. The maximum atomic E-state index is 11.6. The summed E-state index contributed by atoms with van der Waals surface area (Å²) in [6, 6.07) is 7.46. The van der Waals surface area contributed by atoms with E-state index in [9.17, 15) is 4.79 Å². The highest BCUT2D eigenvalue weighted by Gasteiger charge is 2.08. The topological polar surface area (TPSA) is 57.6 Å². The fourth-order valence-electron chi connectivity index (χ4n) is 1.65. The lowest BCUT2D eigenvalue weighted by Crippen LogP contribution is -2.39. The molecule has 0 amide bonds. The SMILES string of the molecule is O=c1[nH]c2ccccc2c2c1=NC(=S)N=2. The van der Waals surface area contributed by atoms with Gasteiger partial charge in [0.2, 0.25) is 5.11 Å². The molecule has 3 rings (SSSR count). The number of aromatic amines is 1. The van der Waals surface area contributed by atoms with Gasteiger partial charge in [0.25, 0.3) is 5.56 Å². The molecular weight excluding hydrogens is 210 g/mol. The van der Waals surface area contributed by atoms with Crippen molar-refractivity contribution in [2.75, 3.05) is 0 Å². The molecule has 1 aliphatic heterocycles. The van der Waals surface area contributed by atoms with Gasteiger partial charge in [-0.15, -0.1) is 0 Å². The zero-order valence-electron chi connectivity index (χ0n) is 7.52. The standard InChI is InChI=1S/C10H5N3OS/c14-9-8-7(12-10(15)13-8)5-3-1-2-4-6(5)11-9/h1-4H,(H,11,14). The Morgan fingerprint density at radius 2 is 1.87 bits per heavy atom. The average Bonchev–Trinajstić information content (AvgIpc) is 2.61. The molecule has 0 unspecified atom stereocenters. The van der Waals surface area contributed by atoms with Gasteiger partial charge in [-0.25, -0.2) is 9.98 Å². The van der Waals surface area contributed by atoms with E-state index in [2.05, 4.69) is 15.0 Å². The molecule has 15 heavy (non-hydrogen) atoms. The van der Waals surface area contributed by atoms with Crippen molar-refractivity contribution in [3.63, 3.8) is 0 Å². The third kappa shape index (κ3) is 1.13. The number of nitrogens with zero attached hydrogens (tertiary/aromatic N) is 2. The maximum absolute atomic E-state index is 11.6. The van der Waals surface area contributed by atoms with E-state index in [0.717, 1.165) is 10.9 Å². The van der Waals surface area contributed by atoms with Crippen LogP contribution in [0.1, 0.15) is 0 Å². The highest BCUT2D eigenvalue weighted by atomic mass is 32.1. The Morgan fingerprint density at radius 1 is 1.13 bits per heavy atom. The number of fused-ring (bicyclic) bond motifs is 3. The molecule has 0 radical (unpaired) electrons. The van der Waals surface area contributed by atoms with Crippen LogP contribution < -0.4 is 16.3 Å². The molecule has 0 atom stereocenters. The summed E-state index contributed by atoms with van der Waals surface area (Å²) in [7, 11) is 0. The van der Waals surface area contributed by atoms with Crippen LogP contribution in [0.2, 0.25) is 0 Å². The fourth-order valence-corrected chi connectivity index (χ4v) is 1.83. The summed E-state index contributed by atoms with van der Waals surface area (Å²) < 4.78 is 0. The lowest BCUT2D eigenvalue weighted by atomic mass is 10.2. The Hall–Kier alpha value is -1.88. The Kier molecular flexibility index (Phi) is 1.58. The molecule has 5 heteroatoms. The van der Waals surface area contributed by atoms with Crippen molar-refractivity contribution in [2.45, 2.75) is 0 Å². The summed E-state index contributed by atoms with van der Waals surface area (Å²) in [6.07, 6.45) is 0. The summed E-state index contributed by atoms with van der Waals surface area (Å²) in [5, 5.41) is 1.99. The first-order chi connectivity index (χ1) is 7.25. The molecule has 0 saturated carbocycles. The molecule has 0 bridgehead atoms. The number of H-pyrrole nitrogens is 1. The van der Waals surface area contributed by atoms with Crippen molar-refractivity contribution in [1.82, 2.24) is 4.98 Å². The second-order valence-corrected chi connectivity index (χ2v) is 3.57. The molecule has 0 aliphatic carbocycles. The van der Waals surface area contributed by atoms with E-state index in [1.165, 1.54) is 0 Å². The normalized spacial score (nSPS) is 13.5. The average molecular weight is 215 g/mol. The third-order valence-electron chi connectivity index (χ3n) is 2.28. The van der Waals surface area contributed by atoms with Crippen LogP contribution in [0.3, 0.4) is 0 Å². The minimum Gasteiger partial charge on any atom is -0.320 e. The quantitative estimate of drug-likeness (QED) is 0.632. The van der Waals surface area contributed by atoms with E-state index in [1.807, 2.05) is 24.3 Å². The predicted octanol–water partition coefficient (Wildman–Crippen LogP) is 0.0658. The van der Waals surface area contributed by atoms with Gasteiger partial charge in [-0.3, -0.25) is 4.79 Å². The maximum Gasteiger partial charge on any atom is 0.276 e. The molecule has 1 aromatic carbocycles. The van der Waals surface area contributed by atoms with Crippen LogP contribution in [-0.4, -0.2) is 10.1 Å². The van der Waals surface area contributed by atoms with Crippen LogP contribution in [-0.2, 0) is 0 Å². The zero-order chi connectivity index (χ0) is 10.4. The van der Waals surface area contributed by atoms with E-state index in [0.29, 0.717) is 10.7 Å². The first-order valence-corrected chi connectivity index (χ1v) is 4.79. The van der Waals surface area contributed by atoms with Crippen LogP contribution >= 0.6 is 12.2 Å². The van der Waals surface area contributed by atoms with Gasteiger partial charge in [0, 0.05) is 5.39 Å². The van der Waals surface area contributed by atoms with E-state index < -0.39 is 0 Å². The number of hydrogen-bond donors (Lipinski definition) is 1. The monoisotopic (exact) mass is 215 g/mol. The van der Waals surface area contributed by atoms with Crippen LogP contribution in [0.15, 0.2) is 39.0 Å². The number of nitrogens with one attached hydrogen (secondary N) is 1. The van der Waals surface area contributed by atoms with E-state index in [-0.39, 0.29) is 10.7 Å². The molecule has 1 aliphatic rings. The van der Waals surface area contributed by atoms with Gasteiger partial charge in [0.05, 0.1) is 5.52 Å². The molecule has 2 heterocycles. The fraction of sp³-hybridized carbons (Fsp3) is 0. The minimum absolute atomic E-state index is 0.215. The van der Waals surface area contributed by atoms with E-state index >= 15 is 0 Å². The Labute approximate surface area is 89.0 Å². The first-order valence-electron chi connectivity index (χ1n) is 4.38. The number of hydrogen-bond acceptors (Lipinski definition) is 2. The lowest BCUT2D eigenvalue weighted by Gasteiger charge is -1.94. The Balaban J connectivity index is 2.74. The number of benzene rings is 1. The van der Waals surface area contributed by atoms with Gasteiger partial charge in [-0.1, -0.05) is 18.2 Å². The van der Waals surface area contributed by atoms with Gasteiger partial charge in [-0.2, -0.15) is 0 Å². The summed E-state index contributed by atoms with van der Waals surface area (Å²) in [4.78, 5) is 22.4. The Morgan fingerprint density at radius 3 is 2.73 bits per heavy atom. The van der Waals surface area contributed by atoms with E-state index in [1.54, 1.807) is 0 Å². The van der Waals surface area contributed by atoms with Crippen molar-refractivity contribution < 1.29 is 0 Å². The number of para-hydroxylation sites is 1. The van der Waals surface area contributed by atoms with Gasteiger partial charge < -0.3 is 4.98 Å². The van der Waals surface area contributed by atoms with Gasteiger partial charge in [-0.05, 0) is 18.3 Å². The Bertz CT molecular complexity index is 760. The predicted molar refractivity (Wildman–Crippen MR) is 59.5 cm³/mol. The van der Waals surface area contributed by atoms with Gasteiger partial charge >= 0.3 is 0 Å². The molecule has 1 N–H and O–H groups in total.